The van der Waals surface area contributed by atoms with Crippen molar-refractivity contribution in [2.45, 2.75) is 64.3 Å². The predicted octanol–water partition coefficient (Wildman–Crippen LogP) is 3.08. The van der Waals surface area contributed by atoms with Crippen LogP contribution in [0, 0.1) is 5.92 Å². The molecule has 0 atom stereocenters. The van der Waals surface area contributed by atoms with Gasteiger partial charge in [0.1, 0.15) is 0 Å². The Bertz CT molecular complexity index is 117. The van der Waals surface area contributed by atoms with Gasteiger partial charge in [-0.1, -0.05) is 26.7 Å². The predicted molar refractivity (Wildman–Crippen MR) is 54.1 cm³/mol. The van der Waals surface area contributed by atoms with Gasteiger partial charge in [0.25, 0.3) is 0 Å². The maximum Gasteiger partial charge on any atom is 0.0154 e. The summed E-state index contributed by atoms with van der Waals surface area (Å²) in [4.78, 5) is 0. The van der Waals surface area contributed by atoms with Crippen molar-refractivity contribution in [2.24, 2.45) is 11.7 Å². The Morgan fingerprint density at radius 3 is 2.42 bits per heavy atom. The third-order valence-corrected chi connectivity index (χ3v) is 3.30. The number of hydrogen-bond acceptors (Lipinski definition) is 1. The van der Waals surface area contributed by atoms with Gasteiger partial charge in [0, 0.05) is 5.54 Å². The molecule has 0 bridgehead atoms. The van der Waals surface area contributed by atoms with E-state index in [1.165, 1.54) is 44.9 Å². The van der Waals surface area contributed by atoms with E-state index in [4.69, 9.17) is 5.73 Å². The van der Waals surface area contributed by atoms with Crippen molar-refractivity contribution in [2.75, 3.05) is 0 Å². The third kappa shape index (κ3) is 2.78. The van der Waals surface area contributed by atoms with Crippen molar-refractivity contribution in [1.29, 1.82) is 0 Å². The largest absolute Gasteiger partial charge is 0.325 e. The van der Waals surface area contributed by atoms with Crippen LogP contribution >= 0.6 is 0 Å². The van der Waals surface area contributed by atoms with E-state index in [9.17, 15) is 0 Å². The first kappa shape index (κ1) is 10.0. The van der Waals surface area contributed by atoms with Crippen LogP contribution in [-0.2, 0) is 0 Å². The lowest BCUT2D eigenvalue weighted by Gasteiger charge is -2.36. The molecule has 0 saturated heterocycles. The van der Waals surface area contributed by atoms with E-state index in [0.717, 1.165) is 5.92 Å². The Morgan fingerprint density at radius 1 is 1.33 bits per heavy atom. The topological polar surface area (TPSA) is 26.0 Å². The van der Waals surface area contributed by atoms with E-state index < -0.39 is 0 Å². The summed E-state index contributed by atoms with van der Waals surface area (Å²) in [6.07, 6.45) is 9.05. The maximum absolute atomic E-state index is 6.31. The fourth-order valence-electron chi connectivity index (χ4n) is 2.12. The molecule has 0 aromatic heterocycles. The van der Waals surface area contributed by atoms with Gasteiger partial charge in [-0.2, -0.15) is 0 Å². The molecule has 1 fully saturated rings. The van der Waals surface area contributed by atoms with Gasteiger partial charge < -0.3 is 5.73 Å². The monoisotopic (exact) mass is 169 g/mol. The second-order valence-corrected chi connectivity index (χ2v) is 4.65. The fourth-order valence-corrected chi connectivity index (χ4v) is 2.12. The Balaban J connectivity index is 2.29. The van der Waals surface area contributed by atoms with Gasteiger partial charge in [-0.15, -0.1) is 0 Å². The van der Waals surface area contributed by atoms with Crippen molar-refractivity contribution in [1.82, 2.24) is 0 Å². The molecule has 0 aromatic rings. The Kier molecular flexibility index (Phi) is 3.57. The lowest BCUT2D eigenvalue weighted by molar-refractivity contribution is 0.228. The van der Waals surface area contributed by atoms with Gasteiger partial charge in [0.2, 0.25) is 0 Å². The van der Waals surface area contributed by atoms with Crippen LogP contribution in [0.15, 0.2) is 0 Å². The van der Waals surface area contributed by atoms with Crippen molar-refractivity contribution >= 4 is 0 Å². The zero-order valence-corrected chi connectivity index (χ0v) is 8.60. The minimum absolute atomic E-state index is 0.211. The molecule has 1 rings (SSSR count). The van der Waals surface area contributed by atoms with Crippen molar-refractivity contribution in [3.63, 3.8) is 0 Å². The van der Waals surface area contributed by atoms with Crippen LogP contribution in [0.2, 0.25) is 0 Å². The maximum atomic E-state index is 6.31. The third-order valence-electron chi connectivity index (χ3n) is 3.30. The lowest BCUT2D eigenvalue weighted by atomic mass is 9.75. The average Bonchev–Trinajstić information content (AvgIpc) is 2.08. The average molecular weight is 169 g/mol. The normalized spacial score (nSPS) is 36.8. The highest BCUT2D eigenvalue weighted by Gasteiger charge is 2.28. The molecule has 2 N–H and O–H groups in total. The molecule has 0 aromatic carbocycles. The minimum atomic E-state index is 0.211. The van der Waals surface area contributed by atoms with Crippen LogP contribution in [0.1, 0.15) is 58.8 Å². The highest BCUT2D eigenvalue weighted by Crippen LogP contribution is 2.33. The molecule has 0 unspecified atom stereocenters. The van der Waals surface area contributed by atoms with E-state index in [-0.39, 0.29) is 5.54 Å². The summed E-state index contributed by atoms with van der Waals surface area (Å²) >= 11 is 0. The van der Waals surface area contributed by atoms with Crippen LogP contribution < -0.4 is 5.73 Å². The van der Waals surface area contributed by atoms with Gasteiger partial charge in [0.05, 0.1) is 0 Å². The molecular weight excluding hydrogens is 146 g/mol. The standard InChI is InChI=1S/C11H23N/c1-3-4-7-11(12)8-5-10(2)6-9-11/h10H,3-9,12H2,1-2H3. The summed E-state index contributed by atoms with van der Waals surface area (Å²) in [5.74, 6) is 0.920. The summed E-state index contributed by atoms with van der Waals surface area (Å²) in [5, 5.41) is 0. The van der Waals surface area contributed by atoms with E-state index >= 15 is 0 Å². The summed E-state index contributed by atoms with van der Waals surface area (Å²) in [5.41, 5.74) is 6.52. The first-order chi connectivity index (χ1) is 5.66. The fraction of sp³-hybridized carbons (Fsp3) is 1.00. The zero-order chi connectivity index (χ0) is 9.03. The van der Waals surface area contributed by atoms with E-state index in [1.54, 1.807) is 0 Å². The highest BCUT2D eigenvalue weighted by atomic mass is 14.7. The van der Waals surface area contributed by atoms with Crippen molar-refractivity contribution in [3.8, 4) is 0 Å². The quantitative estimate of drug-likeness (QED) is 0.690. The van der Waals surface area contributed by atoms with Gasteiger partial charge in [-0.25, -0.2) is 0 Å². The molecule has 72 valence electrons. The molecule has 0 spiro atoms. The van der Waals surface area contributed by atoms with Crippen molar-refractivity contribution in [3.05, 3.63) is 0 Å². The molecule has 1 nitrogen and oxygen atoms in total. The smallest absolute Gasteiger partial charge is 0.0154 e. The first-order valence-corrected chi connectivity index (χ1v) is 5.45. The van der Waals surface area contributed by atoms with Gasteiger partial charge in [-0.3, -0.25) is 0 Å². The highest BCUT2D eigenvalue weighted by molar-refractivity contribution is 4.88. The second kappa shape index (κ2) is 4.27. The first-order valence-electron chi connectivity index (χ1n) is 5.45. The minimum Gasteiger partial charge on any atom is -0.325 e. The van der Waals surface area contributed by atoms with E-state index in [1.807, 2.05) is 0 Å². The van der Waals surface area contributed by atoms with Crippen LogP contribution in [0.4, 0.5) is 0 Å². The molecule has 12 heavy (non-hydrogen) atoms. The Labute approximate surface area is 76.7 Å². The van der Waals surface area contributed by atoms with Gasteiger partial charge in [-0.05, 0) is 38.0 Å². The molecule has 0 radical (unpaired) electrons. The zero-order valence-electron chi connectivity index (χ0n) is 8.60. The van der Waals surface area contributed by atoms with Crippen molar-refractivity contribution < 1.29 is 0 Å². The Morgan fingerprint density at radius 2 is 1.92 bits per heavy atom. The Hall–Kier alpha value is -0.0400. The summed E-state index contributed by atoms with van der Waals surface area (Å²) in [6.45, 7) is 4.59. The number of hydrogen-bond donors (Lipinski definition) is 1. The molecule has 0 aliphatic heterocycles. The van der Waals surface area contributed by atoms with E-state index in [2.05, 4.69) is 13.8 Å². The van der Waals surface area contributed by atoms with Crippen LogP contribution in [0.3, 0.4) is 0 Å². The SMILES string of the molecule is CCCCC1(N)CCC(C)CC1. The lowest BCUT2D eigenvalue weighted by Crippen LogP contribution is -2.42. The molecule has 1 saturated carbocycles. The van der Waals surface area contributed by atoms with Gasteiger partial charge in [0.15, 0.2) is 0 Å². The molecule has 1 heteroatoms. The molecule has 1 aliphatic carbocycles. The van der Waals surface area contributed by atoms with E-state index in [0.29, 0.717) is 0 Å². The molecule has 1 aliphatic rings. The van der Waals surface area contributed by atoms with Gasteiger partial charge >= 0.3 is 0 Å². The molecule has 0 amide bonds. The number of unbranched alkanes of at least 4 members (excludes halogenated alkanes) is 1. The second-order valence-electron chi connectivity index (χ2n) is 4.65. The molecule has 0 heterocycles. The van der Waals surface area contributed by atoms with Crippen LogP contribution in [-0.4, -0.2) is 5.54 Å². The summed E-state index contributed by atoms with van der Waals surface area (Å²) in [6, 6.07) is 0. The molecular formula is C11H23N. The van der Waals surface area contributed by atoms with Crippen LogP contribution in [0.5, 0.6) is 0 Å². The van der Waals surface area contributed by atoms with Crippen LogP contribution in [0.25, 0.3) is 0 Å². The number of rotatable bonds is 3. The number of nitrogens with two attached hydrogens (primary N) is 1. The summed E-state index contributed by atoms with van der Waals surface area (Å²) < 4.78 is 0. The summed E-state index contributed by atoms with van der Waals surface area (Å²) in [7, 11) is 0.